The summed E-state index contributed by atoms with van der Waals surface area (Å²) < 4.78 is 36.7. The van der Waals surface area contributed by atoms with E-state index in [1.165, 1.54) is 0 Å². The smallest absolute Gasteiger partial charge is 0.434 e. The molecule has 1 atom stereocenters. The molecule has 0 bridgehead atoms. The van der Waals surface area contributed by atoms with Crippen LogP contribution in [0.3, 0.4) is 0 Å². The molecule has 20 heavy (non-hydrogen) atoms. The number of urea groups is 1. The molecule has 0 aliphatic rings. The Labute approximate surface area is 114 Å². The molecule has 0 spiro atoms. The Kier molecular flexibility index (Phi) is 4.55. The zero-order valence-electron chi connectivity index (χ0n) is 9.98. The van der Waals surface area contributed by atoms with Crippen molar-refractivity contribution in [3.8, 4) is 0 Å². The average Bonchev–Trinajstić information content (AvgIpc) is 2.74. The summed E-state index contributed by atoms with van der Waals surface area (Å²) >= 11 is 0.563. The van der Waals surface area contributed by atoms with Crippen LogP contribution in [0.2, 0.25) is 0 Å². The normalized spacial score (nSPS) is 14.4. The van der Waals surface area contributed by atoms with Gasteiger partial charge in [0.1, 0.15) is 0 Å². The fourth-order valence-electron chi connectivity index (χ4n) is 0.931. The van der Waals surface area contributed by atoms with Crippen LogP contribution in [-0.2, 0) is 11.0 Å². The number of rotatable bonds is 4. The summed E-state index contributed by atoms with van der Waals surface area (Å²) in [6.45, 7) is 0.340. The zero-order valence-corrected chi connectivity index (χ0v) is 10.8. The van der Waals surface area contributed by atoms with Gasteiger partial charge in [-0.15, -0.1) is 11.3 Å². The number of aromatic nitrogens is 1. The van der Waals surface area contributed by atoms with Crippen molar-refractivity contribution >= 4 is 28.5 Å². The van der Waals surface area contributed by atoms with Crippen molar-refractivity contribution in [1.29, 1.82) is 0 Å². The highest BCUT2D eigenvalue weighted by Crippen LogP contribution is 2.31. The monoisotopic (exact) mass is 313 g/mol. The van der Waals surface area contributed by atoms with Gasteiger partial charge in [-0.2, -0.15) is 13.2 Å². The fourth-order valence-corrected chi connectivity index (χ4v) is 1.64. The van der Waals surface area contributed by atoms with Gasteiger partial charge in [0, 0.05) is 5.38 Å². The van der Waals surface area contributed by atoms with E-state index in [-0.39, 0.29) is 5.13 Å². The number of thiazole rings is 1. The predicted octanol–water partition coefficient (Wildman–Crippen LogP) is 1.12. The average molecular weight is 313 g/mol. The molecule has 0 radical (unpaired) electrons. The van der Waals surface area contributed by atoms with E-state index in [0.717, 1.165) is 12.3 Å². The van der Waals surface area contributed by atoms with E-state index in [1.54, 1.807) is 0 Å². The largest absolute Gasteiger partial charge is 0.479 e. The molecule has 7 nitrogen and oxygen atoms in total. The van der Waals surface area contributed by atoms with Gasteiger partial charge in [0.15, 0.2) is 16.4 Å². The van der Waals surface area contributed by atoms with Gasteiger partial charge in [-0.05, 0) is 6.92 Å². The van der Waals surface area contributed by atoms with Crippen LogP contribution in [0.1, 0.15) is 12.6 Å². The number of carboxylic acids is 1. The molecule has 1 rings (SSSR count). The minimum Gasteiger partial charge on any atom is -0.479 e. The second-order valence-electron chi connectivity index (χ2n) is 3.92. The Bertz CT molecular complexity index is 515. The number of aliphatic carboxylic acids is 1. The first kappa shape index (κ1) is 16.2. The van der Waals surface area contributed by atoms with Crippen LogP contribution in [0.5, 0.6) is 0 Å². The Morgan fingerprint density at radius 3 is 2.50 bits per heavy atom. The number of amides is 2. The van der Waals surface area contributed by atoms with Crippen LogP contribution < -0.4 is 10.6 Å². The van der Waals surface area contributed by atoms with Gasteiger partial charge < -0.3 is 15.5 Å². The van der Waals surface area contributed by atoms with Gasteiger partial charge in [0.05, 0.1) is 6.54 Å². The number of hydrogen-bond acceptors (Lipinski definition) is 5. The van der Waals surface area contributed by atoms with Gasteiger partial charge in [0.25, 0.3) is 0 Å². The van der Waals surface area contributed by atoms with Crippen molar-refractivity contribution in [3.05, 3.63) is 11.1 Å². The predicted molar refractivity (Wildman–Crippen MR) is 62.4 cm³/mol. The molecule has 1 heterocycles. The van der Waals surface area contributed by atoms with Crippen LogP contribution in [-0.4, -0.2) is 39.3 Å². The lowest BCUT2D eigenvalue weighted by Gasteiger charge is -2.18. The molecular weight excluding hydrogens is 303 g/mol. The number of carbonyl (C=O) groups is 2. The van der Waals surface area contributed by atoms with Crippen molar-refractivity contribution in [2.75, 3.05) is 11.9 Å². The minimum absolute atomic E-state index is 0.301. The molecule has 2 amide bonds. The van der Waals surface area contributed by atoms with Crippen molar-refractivity contribution < 1.29 is 33.0 Å². The zero-order chi connectivity index (χ0) is 15.6. The highest BCUT2D eigenvalue weighted by Gasteiger charge is 2.34. The Morgan fingerprint density at radius 2 is 2.05 bits per heavy atom. The molecule has 0 saturated heterocycles. The number of carboxylic acid groups (broad SMARTS) is 1. The van der Waals surface area contributed by atoms with E-state index in [0.29, 0.717) is 11.3 Å². The summed E-state index contributed by atoms with van der Waals surface area (Å²) in [5.41, 5.74) is -3.33. The highest BCUT2D eigenvalue weighted by molar-refractivity contribution is 7.13. The molecular formula is C9H10F3N3O4S. The topological polar surface area (TPSA) is 112 Å². The van der Waals surface area contributed by atoms with Crippen LogP contribution >= 0.6 is 11.3 Å². The number of anilines is 1. The fraction of sp³-hybridized carbons (Fsp3) is 0.444. The Balaban J connectivity index is 2.55. The molecule has 0 fully saturated rings. The first-order valence-corrected chi connectivity index (χ1v) is 5.93. The van der Waals surface area contributed by atoms with Crippen LogP contribution in [0.25, 0.3) is 0 Å². The van der Waals surface area contributed by atoms with E-state index in [2.05, 4.69) is 4.98 Å². The van der Waals surface area contributed by atoms with E-state index in [9.17, 15) is 27.9 Å². The van der Waals surface area contributed by atoms with Gasteiger partial charge >= 0.3 is 18.2 Å². The summed E-state index contributed by atoms with van der Waals surface area (Å²) in [5, 5.41) is 22.3. The third kappa shape index (κ3) is 4.35. The van der Waals surface area contributed by atoms with Gasteiger partial charge in [0.2, 0.25) is 0 Å². The maximum absolute atomic E-state index is 12.2. The van der Waals surface area contributed by atoms with E-state index in [1.807, 2.05) is 10.6 Å². The number of carbonyl (C=O) groups excluding carboxylic acids is 1. The Hall–Kier alpha value is -1.88. The highest BCUT2D eigenvalue weighted by atomic mass is 32.1. The lowest BCUT2D eigenvalue weighted by atomic mass is 10.1. The summed E-state index contributed by atoms with van der Waals surface area (Å²) in [7, 11) is 0. The molecule has 1 aromatic rings. The van der Waals surface area contributed by atoms with Crippen molar-refractivity contribution in [2.24, 2.45) is 0 Å². The van der Waals surface area contributed by atoms with Crippen molar-refractivity contribution in [3.63, 3.8) is 0 Å². The molecule has 0 aliphatic carbocycles. The first-order chi connectivity index (χ1) is 9.02. The lowest BCUT2D eigenvalue weighted by molar-refractivity contribution is -0.155. The maximum Gasteiger partial charge on any atom is 0.434 e. The summed E-state index contributed by atoms with van der Waals surface area (Å²) in [6, 6.07) is -0.977. The van der Waals surface area contributed by atoms with E-state index >= 15 is 0 Å². The summed E-state index contributed by atoms with van der Waals surface area (Å²) in [5.74, 6) is -1.55. The molecule has 0 saturated carbocycles. The van der Waals surface area contributed by atoms with E-state index in [4.69, 9.17) is 5.11 Å². The maximum atomic E-state index is 12.2. The number of aliphatic hydroxyl groups is 1. The molecule has 0 aliphatic heterocycles. The van der Waals surface area contributed by atoms with Crippen molar-refractivity contribution in [2.45, 2.75) is 18.7 Å². The molecule has 11 heteroatoms. The molecule has 1 aromatic heterocycles. The number of halogens is 3. The van der Waals surface area contributed by atoms with Gasteiger partial charge in [-0.1, -0.05) is 0 Å². The second-order valence-corrected chi connectivity index (χ2v) is 4.78. The molecule has 112 valence electrons. The minimum atomic E-state index is -4.61. The number of nitrogens with zero attached hydrogens (tertiary/aromatic N) is 1. The van der Waals surface area contributed by atoms with Crippen LogP contribution in [0, 0.1) is 0 Å². The van der Waals surface area contributed by atoms with Crippen LogP contribution in [0.15, 0.2) is 5.38 Å². The third-order valence-corrected chi connectivity index (χ3v) is 2.83. The Morgan fingerprint density at radius 1 is 1.45 bits per heavy atom. The summed E-state index contributed by atoms with van der Waals surface area (Å²) in [4.78, 5) is 25.0. The third-order valence-electron chi connectivity index (χ3n) is 2.07. The van der Waals surface area contributed by atoms with Crippen LogP contribution in [0.4, 0.5) is 23.1 Å². The second kappa shape index (κ2) is 5.63. The first-order valence-electron chi connectivity index (χ1n) is 5.06. The molecule has 1 unspecified atom stereocenters. The van der Waals surface area contributed by atoms with Gasteiger partial charge in [-0.3, -0.25) is 5.32 Å². The summed E-state index contributed by atoms with van der Waals surface area (Å²) in [6.07, 6.45) is -4.61. The SMILES string of the molecule is CC(O)(CNC(=O)Nc1nc(C(F)(F)F)cs1)C(=O)O. The quantitative estimate of drug-likeness (QED) is 0.665. The standard InChI is InChI=1S/C9H10F3N3O4S/c1-8(19,5(16)17)3-13-6(18)15-7-14-4(2-20-7)9(10,11)12/h2,19H,3H2,1H3,(H,16,17)(H2,13,14,15,18). The lowest BCUT2D eigenvalue weighted by Crippen LogP contribution is -2.47. The van der Waals surface area contributed by atoms with E-state index < -0.39 is 36.0 Å². The molecule has 0 aromatic carbocycles. The van der Waals surface area contributed by atoms with Crippen molar-refractivity contribution in [1.82, 2.24) is 10.3 Å². The number of alkyl halides is 3. The number of nitrogens with one attached hydrogen (secondary N) is 2. The van der Waals surface area contributed by atoms with Gasteiger partial charge in [-0.25, -0.2) is 14.6 Å². The molecule has 4 N–H and O–H groups in total. The number of hydrogen-bond donors (Lipinski definition) is 4.